The highest BCUT2D eigenvalue weighted by Crippen LogP contribution is 2.23. The second-order valence-electron chi connectivity index (χ2n) is 6.25. The van der Waals surface area contributed by atoms with E-state index in [2.05, 4.69) is 0 Å². The van der Waals surface area contributed by atoms with E-state index in [1.165, 1.54) is 6.92 Å². The first-order valence-electron chi connectivity index (χ1n) is 8.84. The molecule has 146 valence electrons. The Hall–Kier alpha value is -2.05. The standard InChI is InChI=1S/C20H24ClNO4S/c1-4-15(3)22(20(23)18-11-6-7-12-19(18)21)14-16-9-8-10-17(13-16)26-27(24,25)5-2/h6-13,15H,4-5,14H2,1-3H3/t15-/m1/s1. The lowest BCUT2D eigenvalue weighted by atomic mass is 10.1. The molecular formula is C20H24ClNO4S. The minimum Gasteiger partial charge on any atom is -0.382 e. The van der Waals surface area contributed by atoms with Gasteiger partial charge in [0, 0.05) is 12.6 Å². The van der Waals surface area contributed by atoms with E-state index in [-0.39, 0.29) is 23.5 Å². The summed E-state index contributed by atoms with van der Waals surface area (Å²) < 4.78 is 28.4. The predicted molar refractivity (Wildman–Crippen MR) is 108 cm³/mol. The molecule has 2 rings (SSSR count). The maximum atomic E-state index is 13.0. The molecule has 27 heavy (non-hydrogen) atoms. The summed E-state index contributed by atoms with van der Waals surface area (Å²) in [6.45, 7) is 5.82. The van der Waals surface area contributed by atoms with Crippen LogP contribution in [0, 0.1) is 0 Å². The smallest absolute Gasteiger partial charge is 0.308 e. The Balaban J connectivity index is 2.29. The van der Waals surface area contributed by atoms with Crippen molar-refractivity contribution >= 4 is 27.6 Å². The molecule has 7 heteroatoms. The van der Waals surface area contributed by atoms with Crippen LogP contribution in [0.25, 0.3) is 0 Å². The summed E-state index contributed by atoms with van der Waals surface area (Å²) in [7, 11) is -3.60. The van der Waals surface area contributed by atoms with E-state index in [1.807, 2.05) is 19.9 Å². The van der Waals surface area contributed by atoms with Crippen molar-refractivity contribution in [3.05, 3.63) is 64.7 Å². The SMILES string of the molecule is CC[C@@H](C)N(Cc1cccc(OS(=O)(=O)CC)c1)C(=O)c1ccccc1Cl. The molecule has 0 bridgehead atoms. The number of halogens is 1. The average Bonchev–Trinajstić information content (AvgIpc) is 2.65. The number of nitrogens with zero attached hydrogens (tertiary/aromatic N) is 1. The largest absolute Gasteiger partial charge is 0.382 e. The minimum absolute atomic E-state index is 0.0160. The van der Waals surface area contributed by atoms with Gasteiger partial charge in [0.15, 0.2) is 0 Å². The van der Waals surface area contributed by atoms with Gasteiger partial charge in [-0.15, -0.1) is 0 Å². The lowest BCUT2D eigenvalue weighted by molar-refractivity contribution is 0.0671. The third-order valence-electron chi connectivity index (χ3n) is 4.32. The third-order valence-corrected chi connectivity index (χ3v) is 5.80. The summed E-state index contributed by atoms with van der Waals surface area (Å²) in [6, 6.07) is 13.7. The predicted octanol–water partition coefficient (Wildman–Crippen LogP) is 4.51. The fourth-order valence-corrected chi connectivity index (χ4v) is 3.27. The molecule has 5 nitrogen and oxygen atoms in total. The van der Waals surface area contributed by atoms with Crippen molar-refractivity contribution in [2.75, 3.05) is 5.75 Å². The van der Waals surface area contributed by atoms with E-state index in [1.54, 1.807) is 47.4 Å². The molecule has 0 fully saturated rings. The zero-order valence-corrected chi connectivity index (χ0v) is 17.3. The van der Waals surface area contributed by atoms with Gasteiger partial charge in [0.05, 0.1) is 16.3 Å². The Bertz CT molecular complexity index is 898. The Kier molecular flexibility index (Phi) is 7.27. The normalized spacial score (nSPS) is 12.4. The lowest BCUT2D eigenvalue weighted by Gasteiger charge is -2.29. The molecule has 0 aliphatic heterocycles. The van der Waals surface area contributed by atoms with E-state index in [0.29, 0.717) is 17.1 Å². The van der Waals surface area contributed by atoms with Gasteiger partial charge in [-0.25, -0.2) is 0 Å². The molecule has 0 aliphatic carbocycles. The highest BCUT2D eigenvalue weighted by atomic mass is 35.5. The van der Waals surface area contributed by atoms with Gasteiger partial charge in [-0.3, -0.25) is 4.79 Å². The molecule has 0 aromatic heterocycles. The average molecular weight is 410 g/mol. The number of hydrogen-bond donors (Lipinski definition) is 0. The van der Waals surface area contributed by atoms with Crippen LogP contribution in [-0.4, -0.2) is 31.0 Å². The van der Waals surface area contributed by atoms with Gasteiger partial charge in [-0.2, -0.15) is 8.42 Å². The van der Waals surface area contributed by atoms with Crippen LogP contribution in [0.2, 0.25) is 5.02 Å². The van der Waals surface area contributed by atoms with Crippen molar-refractivity contribution < 1.29 is 17.4 Å². The second-order valence-corrected chi connectivity index (χ2v) is 8.51. The van der Waals surface area contributed by atoms with Gasteiger partial charge < -0.3 is 9.08 Å². The van der Waals surface area contributed by atoms with Crippen molar-refractivity contribution in [3.8, 4) is 5.75 Å². The van der Waals surface area contributed by atoms with Crippen molar-refractivity contribution in [2.45, 2.75) is 39.8 Å². The van der Waals surface area contributed by atoms with Crippen LogP contribution in [0.5, 0.6) is 5.75 Å². The zero-order valence-electron chi connectivity index (χ0n) is 15.7. The van der Waals surface area contributed by atoms with E-state index in [0.717, 1.165) is 12.0 Å². The topological polar surface area (TPSA) is 63.7 Å². The molecule has 0 saturated carbocycles. The van der Waals surface area contributed by atoms with Gasteiger partial charge in [-0.05, 0) is 50.1 Å². The Labute approximate surface area is 166 Å². The summed E-state index contributed by atoms with van der Waals surface area (Å²) in [5.41, 5.74) is 1.22. The fraction of sp³-hybridized carbons (Fsp3) is 0.350. The summed E-state index contributed by atoms with van der Waals surface area (Å²) in [5, 5.41) is 0.405. The highest BCUT2D eigenvalue weighted by Gasteiger charge is 2.23. The molecule has 1 amide bonds. The Morgan fingerprint density at radius 1 is 1.15 bits per heavy atom. The first-order valence-corrected chi connectivity index (χ1v) is 10.8. The van der Waals surface area contributed by atoms with E-state index in [4.69, 9.17) is 15.8 Å². The molecule has 1 atom stereocenters. The number of carbonyl (C=O) groups is 1. The number of rotatable bonds is 8. The first-order chi connectivity index (χ1) is 12.8. The van der Waals surface area contributed by atoms with E-state index >= 15 is 0 Å². The lowest BCUT2D eigenvalue weighted by Crippen LogP contribution is -2.38. The summed E-state index contributed by atoms with van der Waals surface area (Å²) in [4.78, 5) is 14.8. The monoisotopic (exact) mass is 409 g/mol. The van der Waals surface area contributed by atoms with Gasteiger partial charge in [0.25, 0.3) is 5.91 Å². The number of amides is 1. The molecule has 0 unspecified atom stereocenters. The van der Waals surface area contributed by atoms with Gasteiger partial charge >= 0.3 is 10.1 Å². The maximum absolute atomic E-state index is 13.0. The third kappa shape index (κ3) is 5.71. The summed E-state index contributed by atoms with van der Waals surface area (Å²) in [6.07, 6.45) is 0.774. The van der Waals surface area contributed by atoms with Gasteiger partial charge in [-0.1, -0.05) is 42.8 Å². The molecule has 0 aliphatic rings. The van der Waals surface area contributed by atoms with Crippen LogP contribution in [0.4, 0.5) is 0 Å². The number of carbonyl (C=O) groups excluding carboxylic acids is 1. The van der Waals surface area contributed by atoms with Crippen molar-refractivity contribution in [3.63, 3.8) is 0 Å². The van der Waals surface area contributed by atoms with Crippen LogP contribution in [0.3, 0.4) is 0 Å². The molecule has 0 radical (unpaired) electrons. The summed E-state index contributed by atoms with van der Waals surface area (Å²) in [5.74, 6) is -0.0348. The fourth-order valence-electron chi connectivity index (χ4n) is 2.54. The zero-order chi connectivity index (χ0) is 20.0. The Morgan fingerprint density at radius 3 is 2.48 bits per heavy atom. The van der Waals surface area contributed by atoms with Crippen LogP contribution in [0.15, 0.2) is 48.5 Å². The van der Waals surface area contributed by atoms with Gasteiger partial charge in [0.2, 0.25) is 0 Å². The van der Waals surface area contributed by atoms with Crippen LogP contribution < -0.4 is 4.18 Å². The summed E-state index contributed by atoms with van der Waals surface area (Å²) >= 11 is 6.19. The molecule has 2 aromatic rings. The van der Waals surface area contributed by atoms with Crippen molar-refractivity contribution in [1.82, 2.24) is 4.90 Å². The molecule has 0 spiro atoms. The van der Waals surface area contributed by atoms with E-state index < -0.39 is 10.1 Å². The maximum Gasteiger partial charge on any atom is 0.308 e. The van der Waals surface area contributed by atoms with E-state index in [9.17, 15) is 13.2 Å². The molecule has 0 N–H and O–H groups in total. The van der Waals surface area contributed by atoms with Crippen LogP contribution in [0.1, 0.15) is 43.1 Å². The minimum atomic E-state index is -3.60. The first kappa shape index (κ1) is 21.3. The number of hydrogen-bond acceptors (Lipinski definition) is 4. The quantitative estimate of drug-likeness (QED) is 0.602. The van der Waals surface area contributed by atoms with Crippen molar-refractivity contribution in [2.24, 2.45) is 0 Å². The molecular weight excluding hydrogens is 386 g/mol. The van der Waals surface area contributed by atoms with Crippen LogP contribution in [-0.2, 0) is 16.7 Å². The molecule has 0 heterocycles. The Morgan fingerprint density at radius 2 is 1.85 bits per heavy atom. The highest BCUT2D eigenvalue weighted by molar-refractivity contribution is 7.87. The van der Waals surface area contributed by atoms with Gasteiger partial charge in [0.1, 0.15) is 5.75 Å². The molecule has 0 saturated heterocycles. The molecule has 2 aromatic carbocycles. The van der Waals surface area contributed by atoms with Crippen molar-refractivity contribution in [1.29, 1.82) is 0 Å². The second kappa shape index (κ2) is 9.24. The van der Waals surface area contributed by atoms with Crippen LogP contribution >= 0.6 is 11.6 Å². The number of benzene rings is 2.